The van der Waals surface area contributed by atoms with Crippen molar-refractivity contribution >= 4 is 17.7 Å². The van der Waals surface area contributed by atoms with Crippen LogP contribution in [0.3, 0.4) is 0 Å². The van der Waals surface area contributed by atoms with Gasteiger partial charge in [-0.25, -0.2) is 0 Å². The second kappa shape index (κ2) is 6.38. The molecule has 4 heteroatoms. The largest absolute Gasteiger partial charge is 0.392 e. The van der Waals surface area contributed by atoms with Crippen LogP contribution in [0.1, 0.15) is 41.0 Å². The normalized spacial score (nSPS) is 15.9. The number of hydrogen-bond acceptors (Lipinski definition) is 3. The Bertz CT molecular complexity index is 205. The van der Waals surface area contributed by atoms with Gasteiger partial charge in [-0.3, -0.25) is 4.79 Å². The number of rotatable bonds is 6. The average Bonchev–Trinajstić information content (AvgIpc) is 2.13. The first-order valence-corrected chi connectivity index (χ1v) is 6.44. The summed E-state index contributed by atoms with van der Waals surface area (Å²) in [5.41, 5.74) is -0.133. The highest BCUT2D eigenvalue weighted by atomic mass is 32.2. The first-order valence-electron chi connectivity index (χ1n) is 5.39. The van der Waals surface area contributed by atoms with Gasteiger partial charge in [-0.15, -0.1) is 11.8 Å². The molecule has 0 aromatic rings. The van der Waals surface area contributed by atoms with E-state index in [2.05, 4.69) is 5.32 Å². The maximum atomic E-state index is 11.5. The third-order valence-corrected chi connectivity index (χ3v) is 3.87. The summed E-state index contributed by atoms with van der Waals surface area (Å²) in [4.78, 5) is 11.5. The lowest BCUT2D eigenvalue weighted by Crippen LogP contribution is -2.43. The molecule has 2 atom stereocenters. The monoisotopic (exact) mass is 233 g/mol. The Morgan fingerprint density at radius 1 is 1.47 bits per heavy atom. The highest BCUT2D eigenvalue weighted by Gasteiger charge is 2.18. The van der Waals surface area contributed by atoms with Crippen molar-refractivity contribution in [3.05, 3.63) is 0 Å². The quantitative estimate of drug-likeness (QED) is 0.735. The molecule has 0 aromatic carbocycles. The van der Waals surface area contributed by atoms with E-state index in [9.17, 15) is 9.90 Å². The fraction of sp³-hybridized carbons (Fsp3) is 0.909. The number of aliphatic hydroxyl groups is 1. The van der Waals surface area contributed by atoms with Crippen LogP contribution in [0.5, 0.6) is 0 Å². The van der Waals surface area contributed by atoms with Gasteiger partial charge in [0.25, 0.3) is 0 Å². The van der Waals surface area contributed by atoms with Gasteiger partial charge in [0.15, 0.2) is 0 Å². The van der Waals surface area contributed by atoms with Crippen molar-refractivity contribution in [2.45, 2.75) is 57.9 Å². The number of thioether (sulfide) groups is 1. The van der Waals surface area contributed by atoms with Crippen LogP contribution < -0.4 is 5.32 Å². The third-order valence-electron chi connectivity index (χ3n) is 2.52. The van der Waals surface area contributed by atoms with Crippen LogP contribution >= 0.6 is 11.8 Å². The SMILES string of the molecule is CCC(C)(C)NC(=O)CSC(C)C(C)O. The van der Waals surface area contributed by atoms with Gasteiger partial charge in [0.2, 0.25) is 5.91 Å². The Labute approximate surface area is 97.0 Å². The maximum absolute atomic E-state index is 11.5. The zero-order valence-corrected chi connectivity index (χ0v) is 11.1. The Kier molecular flexibility index (Phi) is 6.29. The molecule has 0 bridgehead atoms. The van der Waals surface area contributed by atoms with Crippen molar-refractivity contribution in [2.75, 3.05) is 5.75 Å². The van der Waals surface area contributed by atoms with Crippen molar-refractivity contribution in [3.63, 3.8) is 0 Å². The van der Waals surface area contributed by atoms with E-state index in [4.69, 9.17) is 0 Å². The predicted octanol–water partition coefficient (Wildman–Crippen LogP) is 1.79. The molecule has 0 fully saturated rings. The van der Waals surface area contributed by atoms with Gasteiger partial charge < -0.3 is 10.4 Å². The molecule has 0 saturated carbocycles. The van der Waals surface area contributed by atoms with Crippen LogP contribution in [0.4, 0.5) is 0 Å². The van der Waals surface area contributed by atoms with E-state index >= 15 is 0 Å². The Balaban J connectivity index is 3.86. The summed E-state index contributed by atoms with van der Waals surface area (Å²) in [6, 6.07) is 0. The summed E-state index contributed by atoms with van der Waals surface area (Å²) >= 11 is 1.48. The molecule has 0 heterocycles. The maximum Gasteiger partial charge on any atom is 0.230 e. The van der Waals surface area contributed by atoms with Gasteiger partial charge in [0.05, 0.1) is 11.9 Å². The van der Waals surface area contributed by atoms with Gasteiger partial charge in [-0.1, -0.05) is 13.8 Å². The van der Waals surface area contributed by atoms with Crippen LogP contribution in [-0.4, -0.2) is 33.7 Å². The van der Waals surface area contributed by atoms with Crippen molar-refractivity contribution in [3.8, 4) is 0 Å². The molecule has 0 aliphatic heterocycles. The molecule has 2 N–H and O–H groups in total. The third kappa shape index (κ3) is 6.79. The molecule has 0 radical (unpaired) electrons. The predicted molar refractivity (Wildman–Crippen MR) is 66.1 cm³/mol. The number of carbonyl (C=O) groups excluding carboxylic acids is 1. The molecule has 0 aromatic heterocycles. The van der Waals surface area contributed by atoms with E-state index in [1.54, 1.807) is 6.92 Å². The summed E-state index contributed by atoms with van der Waals surface area (Å²) in [5.74, 6) is 0.453. The highest BCUT2D eigenvalue weighted by molar-refractivity contribution is 8.00. The standard InChI is InChI=1S/C11H23NO2S/c1-6-11(4,5)12-10(14)7-15-9(3)8(2)13/h8-9,13H,6-7H2,1-5H3,(H,12,14). The fourth-order valence-electron chi connectivity index (χ4n) is 0.848. The summed E-state index contributed by atoms with van der Waals surface area (Å²) in [6.45, 7) is 9.73. The minimum atomic E-state index is -0.373. The molecule has 15 heavy (non-hydrogen) atoms. The van der Waals surface area contributed by atoms with Gasteiger partial charge >= 0.3 is 0 Å². The molecule has 1 amide bonds. The number of nitrogens with one attached hydrogen (secondary N) is 1. The molecule has 0 aliphatic rings. The van der Waals surface area contributed by atoms with Gasteiger partial charge in [0, 0.05) is 10.8 Å². The highest BCUT2D eigenvalue weighted by Crippen LogP contribution is 2.14. The zero-order valence-electron chi connectivity index (χ0n) is 10.3. The van der Waals surface area contributed by atoms with E-state index in [1.807, 2.05) is 27.7 Å². The van der Waals surface area contributed by atoms with E-state index in [0.29, 0.717) is 5.75 Å². The number of carbonyl (C=O) groups is 1. The summed E-state index contributed by atoms with van der Waals surface area (Å²) in [5, 5.41) is 12.3. The first-order chi connectivity index (χ1) is 6.78. The minimum Gasteiger partial charge on any atom is -0.392 e. The molecule has 0 saturated heterocycles. The van der Waals surface area contributed by atoms with Crippen LogP contribution in [0, 0.1) is 0 Å². The molecular formula is C11H23NO2S. The summed E-state index contributed by atoms with van der Waals surface area (Å²) in [7, 11) is 0. The van der Waals surface area contributed by atoms with E-state index in [1.165, 1.54) is 11.8 Å². The van der Waals surface area contributed by atoms with Crippen LogP contribution in [0.25, 0.3) is 0 Å². The fourth-order valence-corrected chi connectivity index (χ4v) is 1.61. The Morgan fingerprint density at radius 3 is 2.40 bits per heavy atom. The molecule has 90 valence electrons. The zero-order chi connectivity index (χ0) is 12.1. The number of amides is 1. The molecule has 0 rings (SSSR count). The molecule has 3 nitrogen and oxygen atoms in total. The topological polar surface area (TPSA) is 49.3 Å². The lowest BCUT2D eigenvalue weighted by molar-refractivity contribution is -0.120. The lowest BCUT2D eigenvalue weighted by Gasteiger charge is -2.24. The van der Waals surface area contributed by atoms with Crippen molar-refractivity contribution in [2.24, 2.45) is 0 Å². The summed E-state index contributed by atoms with van der Waals surface area (Å²) in [6.07, 6.45) is 0.539. The van der Waals surface area contributed by atoms with Crippen molar-refractivity contribution < 1.29 is 9.90 Å². The number of aliphatic hydroxyl groups excluding tert-OH is 1. The van der Waals surface area contributed by atoms with E-state index in [-0.39, 0.29) is 22.8 Å². The van der Waals surface area contributed by atoms with Gasteiger partial charge in [0.1, 0.15) is 0 Å². The van der Waals surface area contributed by atoms with Crippen LogP contribution in [0.2, 0.25) is 0 Å². The van der Waals surface area contributed by atoms with Crippen molar-refractivity contribution in [1.29, 1.82) is 0 Å². The molecular weight excluding hydrogens is 210 g/mol. The molecule has 0 spiro atoms. The van der Waals surface area contributed by atoms with Crippen LogP contribution in [0.15, 0.2) is 0 Å². The second-order valence-electron chi connectivity index (χ2n) is 4.54. The second-order valence-corrected chi connectivity index (χ2v) is 5.91. The average molecular weight is 233 g/mol. The smallest absolute Gasteiger partial charge is 0.230 e. The van der Waals surface area contributed by atoms with Gasteiger partial charge in [-0.2, -0.15) is 0 Å². The summed E-state index contributed by atoms with van der Waals surface area (Å²) < 4.78 is 0. The lowest BCUT2D eigenvalue weighted by atomic mass is 10.0. The van der Waals surface area contributed by atoms with Crippen molar-refractivity contribution in [1.82, 2.24) is 5.32 Å². The van der Waals surface area contributed by atoms with Crippen LogP contribution in [-0.2, 0) is 4.79 Å². The number of hydrogen-bond donors (Lipinski definition) is 2. The van der Waals surface area contributed by atoms with E-state index in [0.717, 1.165) is 6.42 Å². The van der Waals surface area contributed by atoms with E-state index < -0.39 is 0 Å². The van der Waals surface area contributed by atoms with Gasteiger partial charge in [-0.05, 0) is 27.2 Å². The molecule has 2 unspecified atom stereocenters. The Morgan fingerprint density at radius 2 is 2.00 bits per heavy atom. The first kappa shape index (κ1) is 14.8. The molecule has 0 aliphatic carbocycles. The minimum absolute atomic E-state index is 0.0411. The Hall–Kier alpha value is -0.220.